The summed E-state index contributed by atoms with van der Waals surface area (Å²) < 4.78 is 37.3. The predicted octanol–water partition coefficient (Wildman–Crippen LogP) is 4.81. The van der Waals surface area contributed by atoms with E-state index in [1.807, 2.05) is 13.8 Å². The maximum Gasteiger partial charge on any atom is 0.248 e. The largest absolute Gasteiger partial charge is 0.506 e. The molecule has 1 amide bonds. The van der Waals surface area contributed by atoms with Crippen LogP contribution in [0.2, 0.25) is 0 Å². The smallest absolute Gasteiger partial charge is 0.248 e. The van der Waals surface area contributed by atoms with Gasteiger partial charge in [0.25, 0.3) is 0 Å². The molecule has 3 fully saturated rings. The quantitative estimate of drug-likeness (QED) is 0.426. The molecule has 2 atom stereocenters. The topological polar surface area (TPSA) is 109 Å². The molecule has 2 bridgehead atoms. The molecule has 2 unspecified atom stereocenters. The average Bonchev–Trinajstić information content (AvgIpc) is 3.75. The van der Waals surface area contributed by atoms with Gasteiger partial charge in [-0.1, -0.05) is 26.0 Å². The third-order valence-electron chi connectivity index (χ3n) is 6.93. The van der Waals surface area contributed by atoms with Gasteiger partial charge in [-0.25, -0.2) is 18.7 Å². The molecule has 4 heterocycles. The van der Waals surface area contributed by atoms with E-state index in [0.717, 1.165) is 44.9 Å². The number of amides is 1. The van der Waals surface area contributed by atoms with Crippen LogP contribution in [0.4, 0.5) is 20.3 Å². The fourth-order valence-corrected chi connectivity index (χ4v) is 4.88. The summed E-state index contributed by atoms with van der Waals surface area (Å²) in [6, 6.07) is 3.86. The van der Waals surface area contributed by atoms with Crippen molar-refractivity contribution in [1.29, 1.82) is 0 Å². The zero-order valence-electron chi connectivity index (χ0n) is 23.4. The number of halogens is 2. The zero-order valence-corrected chi connectivity index (χ0v) is 23.4. The molecule has 41 heavy (non-hydrogen) atoms. The summed E-state index contributed by atoms with van der Waals surface area (Å²) in [5, 5.41) is 16.2. The summed E-state index contributed by atoms with van der Waals surface area (Å²) in [7, 11) is 0. The molecule has 1 aromatic heterocycles. The first-order chi connectivity index (χ1) is 20.0. The lowest BCUT2D eigenvalue weighted by Crippen LogP contribution is -2.37. The highest BCUT2D eigenvalue weighted by atomic mass is 19.2. The summed E-state index contributed by atoms with van der Waals surface area (Å²) in [5.41, 5.74) is 1.64. The van der Waals surface area contributed by atoms with Crippen LogP contribution < -0.4 is 10.6 Å². The van der Waals surface area contributed by atoms with Gasteiger partial charge in [-0.2, -0.15) is 0 Å². The summed E-state index contributed by atoms with van der Waals surface area (Å²) in [5.74, 6) is -2.05. The fourth-order valence-electron chi connectivity index (χ4n) is 4.88. The highest BCUT2D eigenvalue weighted by Crippen LogP contribution is 2.28. The van der Waals surface area contributed by atoms with E-state index in [4.69, 9.17) is 9.47 Å². The average molecular weight is 570 g/mol. The van der Waals surface area contributed by atoms with Gasteiger partial charge in [0, 0.05) is 61.8 Å². The first-order valence-corrected chi connectivity index (χ1v) is 14.0. The van der Waals surface area contributed by atoms with Gasteiger partial charge in [0.1, 0.15) is 17.9 Å². The van der Waals surface area contributed by atoms with Crippen LogP contribution in [0.25, 0.3) is 6.08 Å². The van der Waals surface area contributed by atoms with Crippen molar-refractivity contribution in [3.63, 3.8) is 0 Å². The van der Waals surface area contributed by atoms with E-state index >= 15 is 0 Å². The van der Waals surface area contributed by atoms with Crippen molar-refractivity contribution in [3.8, 4) is 0 Å². The summed E-state index contributed by atoms with van der Waals surface area (Å²) in [4.78, 5) is 23.1. The Balaban J connectivity index is 0.000000492. The zero-order chi connectivity index (χ0) is 29.2. The number of nitrogens with zero attached hydrogens (tertiary/aromatic N) is 3. The van der Waals surface area contributed by atoms with Gasteiger partial charge in [0.05, 0.1) is 24.1 Å². The van der Waals surface area contributed by atoms with Crippen molar-refractivity contribution in [1.82, 2.24) is 20.2 Å². The van der Waals surface area contributed by atoms with Crippen molar-refractivity contribution in [2.24, 2.45) is 0 Å². The highest BCUT2D eigenvalue weighted by Gasteiger charge is 2.38. The molecule has 6 rings (SSSR count). The van der Waals surface area contributed by atoms with E-state index < -0.39 is 11.6 Å². The van der Waals surface area contributed by atoms with Gasteiger partial charge in [0.15, 0.2) is 11.6 Å². The van der Waals surface area contributed by atoms with Crippen LogP contribution in [-0.4, -0.2) is 70.9 Å². The second kappa shape index (κ2) is 14.8. The maximum atomic E-state index is 13.6. The van der Waals surface area contributed by atoms with Crippen LogP contribution in [0.5, 0.6) is 0 Å². The molecule has 9 nitrogen and oxygen atoms in total. The number of aliphatic hydroxyl groups is 1. The van der Waals surface area contributed by atoms with Gasteiger partial charge in [0.2, 0.25) is 5.91 Å². The van der Waals surface area contributed by atoms with Gasteiger partial charge in [-0.15, -0.1) is 0 Å². The lowest BCUT2D eigenvalue weighted by molar-refractivity contribution is -0.115. The van der Waals surface area contributed by atoms with E-state index in [-0.39, 0.29) is 17.4 Å². The Morgan fingerprint density at radius 1 is 1.20 bits per heavy atom. The Kier molecular flexibility index (Phi) is 10.9. The molecule has 0 saturated carbocycles. The number of allylic oxidation sites excluding steroid dienone is 1. The fraction of sp³-hybridized carbons (Fsp3) is 0.433. The standard InChI is InChI=1S/C24H23F2N5O3.C4H8O.C2H6/c25-18-5-3-14(8-19(18)26)29-24-17-4-6-20(22(32)10-21(17)27-13-28-24)30-23(33)2-1-7-31-11-16-9-15(31)12-34-16;1-2-4-5-3-1;1-2/h1-3,5-6,8,10,13,15-16,32H,4,7,9,11-12H2,(H,30,33)(H,27,28,29);1-4H2;1-2H3/b2-1+;;. The monoisotopic (exact) mass is 569 g/mol. The van der Waals surface area contributed by atoms with E-state index in [0.29, 0.717) is 47.9 Å². The van der Waals surface area contributed by atoms with Gasteiger partial charge in [-0.05, 0) is 37.8 Å². The molecule has 4 aliphatic rings. The van der Waals surface area contributed by atoms with Crippen molar-refractivity contribution >= 4 is 23.5 Å². The molecule has 220 valence electrons. The van der Waals surface area contributed by atoms with Crippen molar-refractivity contribution in [2.75, 3.05) is 38.2 Å². The lowest BCUT2D eigenvalue weighted by atomic mass is 10.1. The number of benzene rings is 1. The normalized spacial score (nSPS) is 21.1. The van der Waals surface area contributed by atoms with Crippen LogP contribution in [0.15, 0.2) is 54.2 Å². The van der Waals surface area contributed by atoms with Crippen molar-refractivity contribution in [3.05, 3.63) is 77.1 Å². The van der Waals surface area contributed by atoms with E-state index in [1.54, 1.807) is 12.2 Å². The van der Waals surface area contributed by atoms with Gasteiger partial charge >= 0.3 is 0 Å². The third kappa shape index (κ3) is 8.18. The van der Waals surface area contributed by atoms with E-state index in [1.165, 1.54) is 37.4 Å². The Morgan fingerprint density at radius 2 is 2.00 bits per heavy atom. The molecule has 3 N–H and O–H groups in total. The number of rotatable bonds is 6. The van der Waals surface area contributed by atoms with Crippen LogP contribution >= 0.6 is 0 Å². The molecule has 1 aromatic carbocycles. The minimum atomic E-state index is -0.980. The highest BCUT2D eigenvalue weighted by molar-refractivity contribution is 5.89. The second-order valence-electron chi connectivity index (χ2n) is 9.70. The lowest BCUT2D eigenvalue weighted by Gasteiger charge is -2.24. The maximum absolute atomic E-state index is 13.6. The van der Waals surface area contributed by atoms with Gasteiger partial charge < -0.3 is 25.2 Å². The minimum absolute atomic E-state index is 0.146. The predicted molar refractivity (Wildman–Crippen MR) is 152 cm³/mol. The van der Waals surface area contributed by atoms with Crippen LogP contribution in [0, 0.1) is 11.6 Å². The number of likely N-dealkylation sites (tertiary alicyclic amines) is 1. The van der Waals surface area contributed by atoms with Crippen molar-refractivity contribution < 1.29 is 28.2 Å². The number of nitrogens with one attached hydrogen (secondary N) is 2. The number of ether oxygens (including phenoxy) is 2. The Hall–Kier alpha value is -3.67. The molecule has 11 heteroatoms. The number of carbonyl (C=O) groups is 1. The number of hydrogen-bond donors (Lipinski definition) is 3. The summed E-state index contributed by atoms with van der Waals surface area (Å²) >= 11 is 0. The minimum Gasteiger partial charge on any atom is -0.506 e. The van der Waals surface area contributed by atoms with Crippen molar-refractivity contribution in [2.45, 2.75) is 51.7 Å². The van der Waals surface area contributed by atoms with E-state index in [9.17, 15) is 18.7 Å². The molecule has 3 saturated heterocycles. The van der Waals surface area contributed by atoms with Crippen LogP contribution in [0.1, 0.15) is 44.4 Å². The number of aromatic nitrogens is 2. The number of fused-ring (bicyclic) bond motifs is 3. The van der Waals surface area contributed by atoms with E-state index in [2.05, 4.69) is 25.5 Å². The van der Waals surface area contributed by atoms with Crippen LogP contribution in [0.3, 0.4) is 0 Å². The first kappa shape index (κ1) is 30.3. The number of hydrogen-bond acceptors (Lipinski definition) is 8. The molecule has 3 aliphatic heterocycles. The Morgan fingerprint density at radius 3 is 2.66 bits per heavy atom. The molecular weight excluding hydrogens is 532 g/mol. The number of carbonyl (C=O) groups excluding carboxylic acids is 1. The Labute approximate surface area is 239 Å². The molecular formula is C30H37F2N5O4. The first-order valence-electron chi connectivity index (χ1n) is 14.0. The molecule has 0 radical (unpaired) electrons. The van der Waals surface area contributed by atoms with Crippen LogP contribution in [-0.2, 0) is 20.7 Å². The Bertz CT molecular complexity index is 1290. The number of morpholine rings is 1. The number of aliphatic hydroxyl groups excluding tert-OH is 1. The SMILES string of the molecule is C1CCOC1.CC.O=C(/C=C/CN1CC2CC1CO2)NC1=CCc2c(ncnc2Nc2ccc(F)c(F)c2)C=C1O. The molecule has 2 aromatic rings. The third-order valence-corrected chi connectivity index (χ3v) is 6.93. The number of anilines is 2. The summed E-state index contributed by atoms with van der Waals surface area (Å²) in [6.07, 6.45) is 11.8. The van der Waals surface area contributed by atoms with Gasteiger partial charge in [-0.3, -0.25) is 9.69 Å². The second-order valence-corrected chi connectivity index (χ2v) is 9.70. The molecule has 0 spiro atoms. The molecule has 1 aliphatic carbocycles. The summed E-state index contributed by atoms with van der Waals surface area (Å²) in [6.45, 7) is 8.29.